The van der Waals surface area contributed by atoms with Crippen LogP contribution in [0.15, 0.2) is 61.1 Å². The van der Waals surface area contributed by atoms with E-state index in [2.05, 4.69) is 10.1 Å². The third-order valence-corrected chi connectivity index (χ3v) is 4.46. The van der Waals surface area contributed by atoms with Gasteiger partial charge in [-0.1, -0.05) is 18.2 Å². The number of hydrogen-bond donors (Lipinski definition) is 0. The van der Waals surface area contributed by atoms with Gasteiger partial charge in [0.1, 0.15) is 0 Å². The number of benzene rings is 1. The zero-order valence-electron chi connectivity index (χ0n) is 14.6. The van der Waals surface area contributed by atoms with Crippen molar-refractivity contribution in [1.82, 2.24) is 14.8 Å². The van der Waals surface area contributed by atoms with Crippen LogP contribution in [-0.4, -0.2) is 34.3 Å². The van der Waals surface area contributed by atoms with Crippen molar-refractivity contribution in [2.75, 3.05) is 18.6 Å². The minimum atomic E-state index is -0.170. The summed E-state index contributed by atoms with van der Waals surface area (Å²) in [5, 5.41) is 4.51. The zero-order valence-corrected chi connectivity index (χ0v) is 14.6. The lowest BCUT2D eigenvalue weighted by Gasteiger charge is -2.21. The van der Waals surface area contributed by atoms with Gasteiger partial charge in [0, 0.05) is 12.7 Å². The smallest absolute Gasteiger partial charge is 0.282 e. The molecule has 1 fully saturated rings. The van der Waals surface area contributed by atoms with Crippen LogP contribution < -0.4 is 9.64 Å². The summed E-state index contributed by atoms with van der Waals surface area (Å²) >= 11 is 0. The van der Waals surface area contributed by atoms with E-state index in [9.17, 15) is 4.79 Å². The molecular formula is C20H20N4O2. The fourth-order valence-corrected chi connectivity index (χ4v) is 2.87. The number of amides is 1. The largest absolute Gasteiger partial charge is 0.493 e. The molecule has 0 atom stereocenters. The first-order valence-corrected chi connectivity index (χ1v) is 8.67. The molecule has 6 heteroatoms. The van der Waals surface area contributed by atoms with E-state index in [1.165, 1.54) is 0 Å². The lowest BCUT2D eigenvalue weighted by Crippen LogP contribution is -2.33. The highest BCUT2D eigenvalue weighted by Gasteiger charge is 2.31. The molecule has 4 rings (SSSR count). The quantitative estimate of drug-likeness (QED) is 0.685. The third kappa shape index (κ3) is 3.31. The number of methoxy groups -OCH3 is 1. The van der Waals surface area contributed by atoms with E-state index >= 15 is 0 Å². The average molecular weight is 348 g/mol. The van der Waals surface area contributed by atoms with Crippen molar-refractivity contribution >= 4 is 11.6 Å². The van der Waals surface area contributed by atoms with Crippen LogP contribution in [0, 0.1) is 5.92 Å². The first-order valence-electron chi connectivity index (χ1n) is 8.67. The highest BCUT2D eigenvalue weighted by Crippen LogP contribution is 2.32. The van der Waals surface area contributed by atoms with E-state index < -0.39 is 0 Å². The van der Waals surface area contributed by atoms with Crippen LogP contribution in [0.3, 0.4) is 0 Å². The van der Waals surface area contributed by atoms with E-state index in [0.29, 0.717) is 23.9 Å². The molecule has 1 aromatic carbocycles. The van der Waals surface area contributed by atoms with Crippen LogP contribution in [0.2, 0.25) is 0 Å². The number of aromatic nitrogens is 3. The van der Waals surface area contributed by atoms with Crippen molar-refractivity contribution in [1.29, 1.82) is 0 Å². The summed E-state index contributed by atoms with van der Waals surface area (Å²) < 4.78 is 7.10. The molecule has 0 radical (unpaired) electrons. The Kier molecular flexibility index (Phi) is 4.39. The summed E-state index contributed by atoms with van der Waals surface area (Å²) in [5.74, 6) is 0.835. The molecule has 132 valence electrons. The molecular weight excluding hydrogens is 328 g/mol. The number of para-hydroxylation sites is 1. The molecule has 0 bridgehead atoms. The monoisotopic (exact) mass is 348 g/mol. The summed E-state index contributed by atoms with van der Waals surface area (Å²) in [7, 11) is 1.55. The highest BCUT2D eigenvalue weighted by molar-refractivity contribution is 6.06. The Labute approximate surface area is 152 Å². The van der Waals surface area contributed by atoms with Gasteiger partial charge >= 0.3 is 0 Å². The minimum Gasteiger partial charge on any atom is -0.493 e. The van der Waals surface area contributed by atoms with E-state index in [1.807, 2.05) is 42.5 Å². The van der Waals surface area contributed by atoms with Crippen molar-refractivity contribution in [2.24, 2.45) is 5.92 Å². The normalized spacial score (nSPS) is 13.4. The lowest BCUT2D eigenvalue weighted by atomic mass is 10.2. The zero-order chi connectivity index (χ0) is 17.9. The van der Waals surface area contributed by atoms with Crippen LogP contribution in [-0.2, 0) is 0 Å². The Bertz CT molecular complexity index is 889. The van der Waals surface area contributed by atoms with Gasteiger partial charge in [-0.3, -0.25) is 9.78 Å². The van der Waals surface area contributed by atoms with E-state index in [-0.39, 0.29) is 5.91 Å². The summed E-state index contributed by atoms with van der Waals surface area (Å²) in [6.07, 6.45) is 7.45. The first kappa shape index (κ1) is 16.3. The Hall–Kier alpha value is -3.15. The van der Waals surface area contributed by atoms with Gasteiger partial charge in [-0.05, 0) is 43.0 Å². The second-order valence-electron chi connectivity index (χ2n) is 6.40. The summed E-state index contributed by atoms with van der Waals surface area (Å²) in [4.78, 5) is 19.2. The minimum absolute atomic E-state index is 0.170. The van der Waals surface area contributed by atoms with Gasteiger partial charge in [0.15, 0.2) is 11.4 Å². The first-order chi connectivity index (χ1) is 12.8. The van der Waals surface area contributed by atoms with Gasteiger partial charge in [0.05, 0.1) is 30.9 Å². The van der Waals surface area contributed by atoms with E-state index in [4.69, 9.17) is 4.74 Å². The van der Waals surface area contributed by atoms with Crippen LogP contribution in [0.4, 0.5) is 5.69 Å². The van der Waals surface area contributed by atoms with Crippen molar-refractivity contribution in [3.05, 3.63) is 66.7 Å². The van der Waals surface area contributed by atoms with E-state index in [0.717, 1.165) is 24.2 Å². The van der Waals surface area contributed by atoms with Crippen molar-refractivity contribution in [3.63, 3.8) is 0 Å². The molecule has 1 saturated carbocycles. The Morgan fingerprint density at radius 1 is 1.23 bits per heavy atom. The second-order valence-corrected chi connectivity index (χ2v) is 6.40. The Morgan fingerprint density at radius 3 is 2.69 bits per heavy atom. The van der Waals surface area contributed by atoms with Crippen molar-refractivity contribution in [3.8, 4) is 11.4 Å². The maximum absolute atomic E-state index is 13.3. The molecule has 0 unspecified atom stereocenters. The van der Waals surface area contributed by atoms with Crippen LogP contribution in [0.25, 0.3) is 5.69 Å². The number of carbonyl (C=O) groups is 1. The fourth-order valence-electron chi connectivity index (χ4n) is 2.87. The molecule has 0 saturated heterocycles. The molecule has 26 heavy (non-hydrogen) atoms. The third-order valence-electron chi connectivity index (χ3n) is 4.46. The topological polar surface area (TPSA) is 60.3 Å². The van der Waals surface area contributed by atoms with Gasteiger partial charge < -0.3 is 9.64 Å². The fraction of sp³-hybridized carbons (Fsp3) is 0.250. The number of pyridine rings is 1. The molecule has 2 aromatic heterocycles. The van der Waals surface area contributed by atoms with Crippen LogP contribution >= 0.6 is 0 Å². The highest BCUT2D eigenvalue weighted by atomic mass is 16.5. The average Bonchev–Trinajstić information content (AvgIpc) is 3.42. The number of anilines is 1. The number of ether oxygens (including phenoxy) is 1. The Balaban J connectivity index is 1.70. The number of nitrogens with zero attached hydrogens (tertiary/aromatic N) is 4. The molecule has 2 heterocycles. The van der Waals surface area contributed by atoms with Crippen LogP contribution in [0.1, 0.15) is 23.3 Å². The van der Waals surface area contributed by atoms with Gasteiger partial charge in [0.25, 0.3) is 5.91 Å². The van der Waals surface area contributed by atoms with Crippen molar-refractivity contribution < 1.29 is 9.53 Å². The van der Waals surface area contributed by atoms with Crippen LogP contribution in [0.5, 0.6) is 5.75 Å². The summed E-state index contributed by atoms with van der Waals surface area (Å²) in [5.41, 5.74) is 1.96. The number of carbonyl (C=O) groups excluding carboxylic acids is 1. The summed E-state index contributed by atoms with van der Waals surface area (Å²) in [6, 6.07) is 13.4. The Morgan fingerprint density at radius 2 is 2.04 bits per heavy atom. The van der Waals surface area contributed by atoms with Crippen molar-refractivity contribution in [2.45, 2.75) is 12.8 Å². The number of hydrogen-bond acceptors (Lipinski definition) is 4. The van der Waals surface area contributed by atoms with Gasteiger partial charge in [-0.2, -0.15) is 5.10 Å². The predicted molar refractivity (Wildman–Crippen MR) is 98.8 cm³/mol. The SMILES string of the molecule is COc1cn(-c2ccccc2)nc1C(=O)N(CC1CC1)c1cccnc1. The molecule has 0 N–H and O–H groups in total. The molecule has 1 aliphatic rings. The molecule has 1 aliphatic carbocycles. The molecule has 3 aromatic rings. The van der Waals surface area contributed by atoms with Gasteiger partial charge in [0.2, 0.25) is 0 Å². The van der Waals surface area contributed by atoms with E-state index in [1.54, 1.807) is 35.3 Å². The summed E-state index contributed by atoms with van der Waals surface area (Å²) in [6.45, 7) is 0.672. The van der Waals surface area contributed by atoms with Gasteiger partial charge in [-0.25, -0.2) is 4.68 Å². The molecule has 6 nitrogen and oxygen atoms in total. The standard InChI is InChI=1S/C20H20N4O2/c1-26-18-14-24(16-6-3-2-4-7-16)22-19(18)20(25)23(13-15-9-10-15)17-8-5-11-21-12-17/h2-8,11-12,14-15H,9-10,13H2,1H3. The number of rotatable bonds is 6. The van der Waals surface area contributed by atoms with Gasteiger partial charge in [-0.15, -0.1) is 0 Å². The molecule has 0 aliphatic heterocycles. The molecule has 0 spiro atoms. The lowest BCUT2D eigenvalue weighted by molar-refractivity contribution is 0.0977. The second kappa shape index (κ2) is 7.00. The maximum Gasteiger partial charge on any atom is 0.282 e. The maximum atomic E-state index is 13.3. The predicted octanol–water partition coefficient (Wildman–Crippen LogP) is 3.33. The molecule has 1 amide bonds.